The Hall–Kier alpha value is -3.35. The first-order chi connectivity index (χ1) is 13.1. The molecule has 0 atom stereocenters. The fraction of sp³-hybridized carbons (Fsp3) is 0.250. The number of phenolic OH excluding ortho intramolecular Hbond substituents is 1. The molecule has 0 aromatic heterocycles. The van der Waals surface area contributed by atoms with E-state index in [2.05, 4.69) is 15.8 Å². The Labute approximate surface area is 158 Å². The fourth-order valence-electron chi connectivity index (χ4n) is 2.26. The zero-order valence-corrected chi connectivity index (χ0v) is 15.1. The van der Waals surface area contributed by atoms with Crippen LogP contribution in [0.4, 0.5) is 0 Å². The average Bonchev–Trinajstić information content (AvgIpc) is 2.68. The summed E-state index contributed by atoms with van der Waals surface area (Å²) >= 11 is 0. The fourth-order valence-corrected chi connectivity index (χ4v) is 2.26. The summed E-state index contributed by atoms with van der Waals surface area (Å²) in [6, 6.07) is 13.7. The van der Waals surface area contributed by atoms with E-state index in [1.807, 2.05) is 13.0 Å². The van der Waals surface area contributed by atoms with E-state index in [1.165, 1.54) is 12.3 Å². The van der Waals surface area contributed by atoms with Crippen LogP contribution in [-0.2, 0) is 4.79 Å². The van der Waals surface area contributed by atoms with Gasteiger partial charge >= 0.3 is 0 Å². The van der Waals surface area contributed by atoms with Crippen LogP contribution in [0.25, 0.3) is 0 Å². The normalized spacial score (nSPS) is 10.6. The molecule has 0 aliphatic carbocycles. The highest BCUT2D eigenvalue weighted by atomic mass is 16.5. The number of hydrogen-bond acceptors (Lipinski definition) is 5. The van der Waals surface area contributed by atoms with Crippen LogP contribution in [0.3, 0.4) is 0 Å². The molecule has 142 valence electrons. The maximum atomic E-state index is 11.9. The number of ether oxygens (including phenoxy) is 1. The van der Waals surface area contributed by atoms with Gasteiger partial charge in [-0.3, -0.25) is 9.59 Å². The number of nitrogens with one attached hydrogen (secondary N) is 2. The van der Waals surface area contributed by atoms with Gasteiger partial charge in [-0.1, -0.05) is 18.2 Å². The van der Waals surface area contributed by atoms with Gasteiger partial charge in [0.05, 0.1) is 12.8 Å². The largest absolute Gasteiger partial charge is 0.504 e. The summed E-state index contributed by atoms with van der Waals surface area (Å²) in [5.41, 5.74) is 3.71. The van der Waals surface area contributed by atoms with Gasteiger partial charge in [-0.05, 0) is 49.2 Å². The number of hydrazone groups is 1. The van der Waals surface area contributed by atoms with Crippen LogP contribution in [0.1, 0.15) is 35.7 Å². The first-order valence-electron chi connectivity index (χ1n) is 8.71. The minimum Gasteiger partial charge on any atom is -0.504 e. The van der Waals surface area contributed by atoms with E-state index >= 15 is 0 Å². The number of carbonyl (C=O) groups excluding carboxylic acids is 2. The van der Waals surface area contributed by atoms with E-state index in [0.717, 1.165) is 0 Å². The average molecular weight is 369 g/mol. The summed E-state index contributed by atoms with van der Waals surface area (Å²) < 4.78 is 5.29. The maximum absolute atomic E-state index is 11.9. The molecule has 2 amide bonds. The number of rotatable bonds is 9. The predicted octanol–water partition coefficient (Wildman–Crippen LogP) is 2.45. The van der Waals surface area contributed by atoms with Crippen LogP contribution in [0.5, 0.6) is 11.5 Å². The van der Waals surface area contributed by atoms with Crippen molar-refractivity contribution in [3.05, 3.63) is 59.7 Å². The van der Waals surface area contributed by atoms with Crippen LogP contribution in [0.15, 0.2) is 53.6 Å². The predicted molar refractivity (Wildman–Crippen MR) is 103 cm³/mol. The molecule has 0 saturated carbocycles. The summed E-state index contributed by atoms with van der Waals surface area (Å²) in [7, 11) is 0. The SMILES string of the molecule is CCOc1cc(C=NNC(=O)CCCNC(=O)c2ccccc2)ccc1O. The van der Waals surface area contributed by atoms with Crippen molar-refractivity contribution in [1.82, 2.24) is 10.7 Å². The van der Waals surface area contributed by atoms with Crippen LogP contribution in [0.2, 0.25) is 0 Å². The Morgan fingerprint density at radius 2 is 1.96 bits per heavy atom. The van der Waals surface area contributed by atoms with Gasteiger partial charge in [0.1, 0.15) is 0 Å². The lowest BCUT2D eigenvalue weighted by Gasteiger charge is -2.06. The second kappa shape index (κ2) is 10.6. The molecule has 3 N–H and O–H groups in total. The molecule has 0 aliphatic rings. The third kappa shape index (κ3) is 6.81. The molecule has 2 aromatic carbocycles. The number of carbonyl (C=O) groups is 2. The summed E-state index contributed by atoms with van der Waals surface area (Å²) in [5, 5.41) is 16.3. The van der Waals surface area contributed by atoms with Gasteiger partial charge in [0, 0.05) is 18.5 Å². The second-order valence-electron chi connectivity index (χ2n) is 5.68. The van der Waals surface area contributed by atoms with Crippen LogP contribution in [0, 0.1) is 0 Å². The molecule has 2 aromatic rings. The number of nitrogens with zero attached hydrogens (tertiary/aromatic N) is 1. The standard InChI is InChI=1S/C20H23N3O4/c1-2-27-18-13-15(10-11-17(18)24)14-22-23-19(25)9-6-12-21-20(26)16-7-4-3-5-8-16/h3-5,7-8,10-11,13-14,24H,2,6,9,12H2,1H3,(H,21,26)(H,23,25). The molecule has 0 bridgehead atoms. The summed E-state index contributed by atoms with van der Waals surface area (Å²) in [4.78, 5) is 23.6. The molecule has 0 radical (unpaired) electrons. The number of hydrogen-bond donors (Lipinski definition) is 3. The van der Waals surface area contributed by atoms with E-state index in [0.29, 0.717) is 36.4 Å². The number of phenols is 1. The topological polar surface area (TPSA) is 100 Å². The zero-order chi connectivity index (χ0) is 19.5. The zero-order valence-electron chi connectivity index (χ0n) is 15.1. The van der Waals surface area contributed by atoms with Crippen molar-refractivity contribution >= 4 is 18.0 Å². The van der Waals surface area contributed by atoms with Gasteiger partial charge in [0.25, 0.3) is 5.91 Å². The van der Waals surface area contributed by atoms with Crippen molar-refractivity contribution in [2.24, 2.45) is 5.10 Å². The van der Waals surface area contributed by atoms with E-state index in [1.54, 1.807) is 36.4 Å². The Morgan fingerprint density at radius 3 is 2.70 bits per heavy atom. The molecule has 7 heteroatoms. The number of benzene rings is 2. The van der Waals surface area contributed by atoms with Gasteiger partial charge in [-0.25, -0.2) is 5.43 Å². The van der Waals surface area contributed by atoms with Gasteiger partial charge in [0.15, 0.2) is 11.5 Å². The maximum Gasteiger partial charge on any atom is 0.251 e. The Morgan fingerprint density at radius 1 is 1.19 bits per heavy atom. The third-order valence-electron chi connectivity index (χ3n) is 3.59. The van der Waals surface area contributed by atoms with Crippen molar-refractivity contribution in [2.75, 3.05) is 13.2 Å². The van der Waals surface area contributed by atoms with E-state index < -0.39 is 0 Å². The number of amides is 2. The molecule has 0 fully saturated rings. The summed E-state index contributed by atoms with van der Waals surface area (Å²) in [6.07, 6.45) is 2.22. The molecule has 0 unspecified atom stereocenters. The summed E-state index contributed by atoms with van der Waals surface area (Å²) in [5.74, 6) is 0.00741. The molecule has 0 saturated heterocycles. The van der Waals surface area contributed by atoms with Crippen molar-refractivity contribution in [2.45, 2.75) is 19.8 Å². The van der Waals surface area contributed by atoms with Crippen LogP contribution >= 0.6 is 0 Å². The first-order valence-corrected chi connectivity index (χ1v) is 8.71. The van der Waals surface area contributed by atoms with E-state index in [-0.39, 0.29) is 24.0 Å². The second-order valence-corrected chi connectivity index (χ2v) is 5.68. The van der Waals surface area contributed by atoms with Crippen LogP contribution < -0.4 is 15.5 Å². The highest BCUT2D eigenvalue weighted by Crippen LogP contribution is 2.26. The third-order valence-corrected chi connectivity index (χ3v) is 3.59. The molecule has 27 heavy (non-hydrogen) atoms. The Balaban J connectivity index is 1.69. The van der Waals surface area contributed by atoms with Gasteiger partial charge in [-0.15, -0.1) is 0 Å². The minimum atomic E-state index is -0.246. The molecule has 0 aliphatic heterocycles. The molecular weight excluding hydrogens is 346 g/mol. The smallest absolute Gasteiger partial charge is 0.251 e. The minimum absolute atomic E-state index is 0.0515. The van der Waals surface area contributed by atoms with E-state index in [9.17, 15) is 14.7 Å². The van der Waals surface area contributed by atoms with Crippen LogP contribution in [-0.4, -0.2) is 36.3 Å². The highest BCUT2D eigenvalue weighted by Gasteiger charge is 2.05. The highest BCUT2D eigenvalue weighted by molar-refractivity contribution is 5.94. The van der Waals surface area contributed by atoms with Crippen molar-refractivity contribution < 1.29 is 19.4 Å². The van der Waals surface area contributed by atoms with E-state index in [4.69, 9.17) is 4.74 Å². The molecule has 0 heterocycles. The first kappa shape index (κ1) is 20.0. The van der Waals surface area contributed by atoms with Gasteiger partial charge in [0.2, 0.25) is 5.91 Å². The Bertz CT molecular complexity index is 791. The molecule has 0 spiro atoms. The summed E-state index contributed by atoms with van der Waals surface area (Å²) in [6.45, 7) is 2.66. The lowest BCUT2D eigenvalue weighted by Crippen LogP contribution is -2.26. The lowest BCUT2D eigenvalue weighted by atomic mass is 10.2. The monoisotopic (exact) mass is 369 g/mol. The molecule has 7 nitrogen and oxygen atoms in total. The lowest BCUT2D eigenvalue weighted by molar-refractivity contribution is -0.121. The van der Waals surface area contributed by atoms with Crippen molar-refractivity contribution in [3.8, 4) is 11.5 Å². The molecular formula is C20H23N3O4. The quantitative estimate of drug-likeness (QED) is 0.359. The number of aromatic hydroxyl groups is 1. The van der Waals surface area contributed by atoms with Crippen molar-refractivity contribution in [3.63, 3.8) is 0 Å². The Kier molecular flexibility index (Phi) is 7.84. The van der Waals surface area contributed by atoms with Gasteiger partial charge < -0.3 is 15.2 Å². The van der Waals surface area contributed by atoms with Gasteiger partial charge in [-0.2, -0.15) is 5.10 Å². The van der Waals surface area contributed by atoms with Crippen molar-refractivity contribution in [1.29, 1.82) is 0 Å². The molecule has 2 rings (SSSR count).